The fourth-order valence-electron chi connectivity index (χ4n) is 8.75. The largest absolute Gasteiger partial charge is 0.393 e. The zero-order valence-corrected chi connectivity index (χ0v) is 20.3. The Balaban J connectivity index is 1.12. The topological polar surface area (TPSA) is 32.7 Å². The highest BCUT2D eigenvalue weighted by atomic mass is 16.5. The molecule has 3 nitrogen and oxygen atoms in total. The first-order chi connectivity index (χ1) is 15.0. The van der Waals surface area contributed by atoms with Crippen LogP contribution in [0.4, 0.5) is 0 Å². The van der Waals surface area contributed by atoms with E-state index >= 15 is 0 Å². The summed E-state index contributed by atoms with van der Waals surface area (Å²) in [6, 6.07) is 0. The second-order valence-corrected chi connectivity index (χ2v) is 12.3. The third-order valence-corrected chi connectivity index (χ3v) is 10.8. The number of nitrogens with zero attached hydrogens (tertiary/aromatic N) is 1. The quantitative estimate of drug-likeness (QED) is 0.409. The molecule has 4 fully saturated rings. The molecule has 5 rings (SSSR count). The van der Waals surface area contributed by atoms with Crippen molar-refractivity contribution in [3.05, 3.63) is 11.6 Å². The highest BCUT2D eigenvalue weighted by molar-refractivity contribution is 5.25. The first-order valence-electron chi connectivity index (χ1n) is 13.7. The Labute approximate surface area is 191 Å². The summed E-state index contributed by atoms with van der Waals surface area (Å²) in [4.78, 5) is 2.54. The maximum Gasteiger partial charge on any atom is 0.0596 e. The molecular weight excluding hydrogens is 382 g/mol. The minimum Gasteiger partial charge on any atom is -0.393 e. The molecule has 1 heterocycles. The smallest absolute Gasteiger partial charge is 0.0596 e. The molecule has 0 bridgehead atoms. The van der Waals surface area contributed by atoms with Gasteiger partial charge in [-0.25, -0.2) is 0 Å². The molecule has 7 atom stereocenters. The molecule has 3 unspecified atom stereocenters. The summed E-state index contributed by atoms with van der Waals surface area (Å²) < 4.78 is 5.96. The number of rotatable bonds is 7. The lowest BCUT2D eigenvalue weighted by Gasteiger charge is -2.58. The molecule has 176 valence electrons. The second-order valence-electron chi connectivity index (χ2n) is 12.3. The number of hydrogen-bond acceptors (Lipinski definition) is 3. The van der Waals surface area contributed by atoms with Gasteiger partial charge in [0.25, 0.3) is 0 Å². The molecular formula is C28H47NO2. The Bertz CT molecular complexity index is 655. The van der Waals surface area contributed by atoms with Crippen LogP contribution in [0.2, 0.25) is 0 Å². The van der Waals surface area contributed by atoms with Crippen LogP contribution in [0.1, 0.15) is 90.9 Å². The molecule has 0 aromatic rings. The number of aliphatic hydroxyl groups excluding tert-OH is 1. The lowest BCUT2D eigenvalue weighted by molar-refractivity contribution is -0.0748. The predicted octanol–water partition coefficient (Wildman–Crippen LogP) is 5.82. The average Bonchev–Trinajstić information content (AvgIpc) is 3.38. The molecule has 4 aliphatic carbocycles. The Morgan fingerprint density at radius 1 is 1.00 bits per heavy atom. The van der Waals surface area contributed by atoms with Crippen LogP contribution in [0.3, 0.4) is 0 Å². The van der Waals surface area contributed by atoms with Gasteiger partial charge in [0.2, 0.25) is 0 Å². The lowest BCUT2D eigenvalue weighted by atomic mass is 9.47. The van der Waals surface area contributed by atoms with Crippen molar-refractivity contribution < 1.29 is 9.84 Å². The van der Waals surface area contributed by atoms with Gasteiger partial charge in [-0.1, -0.05) is 25.5 Å². The van der Waals surface area contributed by atoms with E-state index < -0.39 is 0 Å². The molecule has 0 spiro atoms. The number of likely N-dealkylation sites (tertiary alicyclic amines) is 1. The van der Waals surface area contributed by atoms with E-state index in [-0.39, 0.29) is 11.5 Å². The van der Waals surface area contributed by atoms with E-state index in [0.717, 1.165) is 49.9 Å². The highest BCUT2D eigenvalue weighted by Gasteiger charge is 2.58. The van der Waals surface area contributed by atoms with Crippen LogP contribution in [-0.2, 0) is 4.74 Å². The molecule has 0 amide bonds. The van der Waals surface area contributed by atoms with Crippen LogP contribution in [-0.4, -0.2) is 49.0 Å². The highest BCUT2D eigenvalue weighted by Crippen LogP contribution is 2.65. The van der Waals surface area contributed by atoms with Crippen LogP contribution in [0.15, 0.2) is 11.6 Å². The van der Waals surface area contributed by atoms with E-state index in [1.54, 1.807) is 0 Å². The molecule has 0 aromatic carbocycles. The van der Waals surface area contributed by atoms with E-state index in [2.05, 4.69) is 24.8 Å². The summed E-state index contributed by atoms with van der Waals surface area (Å²) in [5.74, 6) is 3.28. The van der Waals surface area contributed by atoms with E-state index in [4.69, 9.17) is 4.74 Å². The molecule has 1 aliphatic heterocycles. The Kier molecular flexibility index (Phi) is 6.58. The van der Waals surface area contributed by atoms with Crippen molar-refractivity contribution in [1.29, 1.82) is 0 Å². The summed E-state index contributed by atoms with van der Waals surface area (Å²) in [6.07, 6.45) is 18.3. The molecule has 3 heteroatoms. The van der Waals surface area contributed by atoms with Crippen LogP contribution in [0, 0.1) is 34.5 Å². The van der Waals surface area contributed by atoms with Gasteiger partial charge in [0, 0.05) is 13.2 Å². The molecule has 1 saturated heterocycles. The maximum absolute atomic E-state index is 10.7. The summed E-state index contributed by atoms with van der Waals surface area (Å²) >= 11 is 0. The van der Waals surface area contributed by atoms with Gasteiger partial charge >= 0.3 is 0 Å². The van der Waals surface area contributed by atoms with Gasteiger partial charge in [0.15, 0.2) is 0 Å². The van der Waals surface area contributed by atoms with Crippen molar-refractivity contribution >= 4 is 0 Å². The number of ether oxygens (including phenoxy) is 1. The van der Waals surface area contributed by atoms with Gasteiger partial charge in [-0.05, 0) is 125 Å². The Morgan fingerprint density at radius 2 is 1.84 bits per heavy atom. The van der Waals surface area contributed by atoms with Gasteiger partial charge in [0.05, 0.1) is 12.7 Å². The van der Waals surface area contributed by atoms with Crippen molar-refractivity contribution in [2.24, 2.45) is 34.5 Å². The summed E-state index contributed by atoms with van der Waals surface area (Å²) in [7, 11) is 0. The molecule has 5 aliphatic rings. The predicted molar refractivity (Wildman–Crippen MR) is 127 cm³/mol. The van der Waals surface area contributed by atoms with Crippen LogP contribution in [0.5, 0.6) is 0 Å². The zero-order valence-electron chi connectivity index (χ0n) is 20.3. The summed E-state index contributed by atoms with van der Waals surface area (Å²) in [6.45, 7) is 10.6. The fourth-order valence-corrected chi connectivity index (χ4v) is 8.75. The minimum absolute atomic E-state index is 0.0449. The van der Waals surface area contributed by atoms with Gasteiger partial charge in [-0.2, -0.15) is 0 Å². The number of hydrogen-bond donors (Lipinski definition) is 1. The third-order valence-electron chi connectivity index (χ3n) is 10.8. The van der Waals surface area contributed by atoms with Crippen molar-refractivity contribution in [2.45, 2.75) is 97.0 Å². The minimum atomic E-state index is -0.0449. The van der Waals surface area contributed by atoms with Gasteiger partial charge in [-0.3, -0.25) is 0 Å². The molecule has 3 saturated carbocycles. The first kappa shape index (κ1) is 22.4. The van der Waals surface area contributed by atoms with Crippen molar-refractivity contribution in [3.8, 4) is 0 Å². The normalized spacial score (nSPS) is 45.1. The summed E-state index contributed by atoms with van der Waals surface area (Å²) in [5, 5.41) is 10.7. The lowest BCUT2D eigenvalue weighted by Crippen LogP contribution is -2.51. The Hall–Kier alpha value is -0.380. The van der Waals surface area contributed by atoms with Crippen molar-refractivity contribution in [1.82, 2.24) is 4.90 Å². The fraction of sp³-hybridized carbons (Fsp3) is 0.929. The number of allylic oxidation sites excluding steroid dienone is 2. The van der Waals surface area contributed by atoms with E-state index in [1.807, 2.05) is 5.57 Å². The van der Waals surface area contributed by atoms with Crippen molar-refractivity contribution in [2.75, 3.05) is 32.8 Å². The van der Waals surface area contributed by atoms with E-state index in [0.29, 0.717) is 5.41 Å². The zero-order chi connectivity index (χ0) is 21.5. The maximum atomic E-state index is 10.7. The standard InChI is InChI=1S/C28H47NO2/c1-27-13-11-21(6-5-18-31-19-17-29-15-3-4-16-29)20-22(27)7-8-23-24-9-10-26(30)28(24,2)14-12-25(23)27/h20-21,23-26,30H,3-19H2,1-2H3/t21-,23?,24?,25?,26-,27-,28-/m0/s1. The first-order valence-corrected chi connectivity index (χ1v) is 13.7. The average molecular weight is 430 g/mol. The molecule has 0 radical (unpaired) electrons. The number of fused-ring (bicyclic) bond motifs is 5. The third kappa shape index (κ3) is 4.17. The van der Waals surface area contributed by atoms with E-state index in [1.165, 1.54) is 83.7 Å². The van der Waals surface area contributed by atoms with Crippen molar-refractivity contribution in [3.63, 3.8) is 0 Å². The van der Waals surface area contributed by atoms with Crippen LogP contribution >= 0.6 is 0 Å². The summed E-state index contributed by atoms with van der Waals surface area (Å²) in [5.41, 5.74) is 2.47. The van der Waals surface area contributed by atoms with Gasteiger partial charge in [-0.15, -0.1) is 0 Å². The molecule has 31 heavy (non-hydrogen) atoms. The SMILES string of the molecule is C[C@]12CC[C@H](CCCOCCN3CCCC3)C=C1CCC1C2CC[C@@]2(C)C1CC[C@@H]2O. The molecule has 1 N–H and O–H groups in total. The monoisotopic (exact) mass is 429 g/mol. The van der Waals surface area contributed by atoms with E-state index in [9.17, 15) is 5.11 Å². The van der Waals surface area contributed by atoms with Gasteiger partial charge < -0.3 is 14.7 Å². The molecule has 0 aromatic heterocycles. The van der Waals surface area contributed by atoms with Crippen LogP contribution < -0.4 is 0 Å². The van der Waals surface area contributed by atoms with Gasteiger partial charge in [0.1, 0.15) is 0 Å². The second kappa shape index (κ2) is 9.11. The number of aliphatic hydroxyl groups is 1. The van der Waals surface area contributed by atoms with Crippen LogP contribution in [0.25, 0.3) is 0 Å². The Morgan fingerprint density at radius 3 is 2.68 bits per heavy atom.